The van der Waals surface area contributed by atoms with Gasteiger partial charge in [0, 0.05) is 24.9 Å². The number of rotatable bonds is 9. The fourth-order valence-corrected chi connectivity index (χ4v) is 2.65. The molecule has 0 N–H and O–H groups in total. The average Bonchev–Trinajstić information content (AvgIpc) is 2.62. The first kappa shape index (κ1) is 18.1. The summed E-state index contributed by atoms with van der Waals surface area (Å²) in [5, 5.41) is 0. The summed E-state index contributed by atoms with van der Waals surface area (Å²) in [4.78, 5) is 18.4. The van der Waals surface area contributed by atoms with Gasteiger partial charge >= 0.3 is 0 Å². The van der Waals surface area contributed by atoms with E-state index in [4.69, 9.17) is 4.74 Å². The van der Waals surface area contributed by atoms with Crippen LogP contribution in [0.15, 0.2) is 48.8 Å². The second-order valence-electron chi connectivity index (χ2n) is 6.12. The first-order chi connectivity index (χ1) is 11.6. The maximum absolute atomic E-state index is 12.2. The molecule has 0 amide bonds. The Hall–Kier alpha value is -2.20. The van der Waals surface area contributed by atoms with Gasteiger partial charge in [-0.2, -0.15) is 0 Å². The summed E-state index contributed by atoms with van der Waals surface area (Å²) in [6.45, 7) is 2.57. The molecule has 1 heterocycles. The van der Waals surface area contributed by atoms with Gasteiger partial charge in [0.2, 0.25) is 0 Å². The van der Waals surface area contributed by atoms with Crippen molar-refractivity contribution in [1.29, 1.82) is 0 Å². The van der Waals surface area contributed by atoms with Crippen LogP contribution in [0.25, 0.3) is 0 Å². The van der Waals surface area contributed by atoms with E-state index < -0.39 is 0 Å². The van der Waals surface area contributed by atoms with Gasteiger partial charge in [-0.25, -0.2) is 0 Å². The van der Waals surface area contributed by atoms with Crippen molar-refractivity contribution < 1.29 is 9.53 Å². The van der Waals surface area contributed by atoms with Crippen molar-refractivity contribution in [3.63, 3.8) is 0 Å². The van der Waals surface area contributed by atoms with E-state index in [2.05, 4.69) is 28.9 Å². The van der Waals surface area contributed by atoms with Crippen LogP contribution in [0.1, 0.15) is 36.9 Å². The van der Waals surface area contributed by atoms with E-state index in [1.165, 1.54) is 5.56 Å². The highest BCUT2D eigenvalue weighted by atomic mass is 16.5. The molecule has 0 aliphatic heterocycles. The highest BCUT2D eigenvalue weighted by Gasteiger charge is 2.14. The van der Waals surface area contributed by atoms with E-state index in [0.717, 1.165) is 24.2 Å². The number of hydrogen-bond donors (Lipinski definition) is 0. The molecule has 4 nitrogen and oxygen atoms in total. The molecule has 1 unspecified atom stereocenters. The van der Waals surface area contributed by atoms with Crippen molar-refractivity contribution in [2.24, 2.45) is 0 Å². The minimum Gasteiger partial charge on any atom is -0.497 e. The summed E-state index contributed by atoms with van der Waals surface area (Å²) in [5.74, 6) is 1.14. The van der Waals surface area contributed by atoms with Gasteiger partial charge < -0.3 is 4.74 Å². The molecule has 4 heteroatoms. The van der Waals surface area contributed by atoms with Crippen LogP contribution in [-0.4, -0.2) is 36.4 Å². The first-order valence-corrected chi connectivity index (χ1v) is 8.35. The Balaban J connectivity index is 1.74. The molecule has 0 aliphatic carbocycles. The van der Waals surface area contributed by atoms with Gasteiger partial charge in [0.15, 0.2) is 0 Å². The molecule has 0 saturated heterocycles. The summed E-state index contributed by atoms with van der Waals surface area (Å²) < 4.78 is 5.15. The van der Waals surface area contributed by atoms with Crippen LogP contribution in [0, 0.1) is 0 Å². The van der Waals surface area contributed by atoms with Crippen molar-refractivity contribution in [1.82, 2.24) is 9.88 Å². The number of methoxy groups -OCH3 is 1. The number of benzene rings is 1. The van der Waals surface area contributed by atoms with Crippen LogP contribution >= 0.6 is 0 Å². The van der Waals surface area contributed by atoms with E-state index in [9.17, 15) is 4.79 Å². The largest absolute Gasteiger partial charge is 0.497 e. The molecule has 0 aliphatic rings. The molecule has 24 heavy (non-hydrogen) atoms. The maximum Gasteiger partial charge on any atom is 0.146 e. The highest BCUT2D eigenvalue weighted by Crippen LogP contribution is 2.17. The standard InChI is InChI=1S/C20H26N2O2/c1-16(18-7-5-13-21-14-18)22(2)15-19(23)8-4-6-17-9-11-20(24-3)12-10-17/h5,7,9-14,16H,4,6,8,15H2,1-3H3. The van der Waals surface area contributed by atoms with Gasteiger partial charge in [0.25, 0.3) is 0 Å². The maximum atomic E-state index is 12.2. The zero-order chi connectivity index (χ0) is 17.4. The molecular formula is C20H26N2O2. The van der Waals surface area contributed by atoms with Gasteiger partial charge in [-0.05, 0) is 56.1 Å². The zero-order valence-electron chi connectivity index (χ0n) is 14.7. The molecule has 1 atom stereocenters. The number of Topliss-reactive ketones (excluding diaryl/α,β-unsaturated/α-hetero) is 1. The van der Waals surface area contributed by atoms with Crippen molar-refractivity contribution in [2.75, 3.05) is 20.7 Å². The quantitative estimate of drug-likeness (QED) is 0.705. The highest BCUT2D eigenvalue weighted by molar-refractivity contribution is 5.80. The summed E-state index contributed by atoms with van der Waals surface area (Å²) in [6, 6.07) is 12.2. The fourth-order valence-electron chi connectivity index (χ4n) is 2.65. The third kappa shape index (κ3) is 5.46. The lowest BCUT2D eigenvalue weighted by Crippen LogP contribution is -2.28. The van der Waals surface area contributed by atoms with Crippen LogP contribution in [0.3, 0.4) is 0 Å². The molecule has 0 saturated carbocycles. The lowest BCUT2D eigenvalue weighted by Gasteiger charge is -2.24. The van der Waals surface area contributed by atoms with Crippen LogP contribution in [-0.2, 0) is 11.2 Å². The van der Waals surface area contributed by atoms with Crippen LogP contribution in [0.5, 0.6) is 5.75 Å². The third-order valence-corrected chi connectivity index (χ3v) is 4.33. The van der Waals surface area contributed by atoms with Gasteiger partial charge in [-0.1, -0.05) is 18.2 Å². The number of hydrogen-bond acceptors (Lipinski definition) is 4. The Labute approximate surface area is 144 Å². The summed E-state index contributed by atoms with van der Waals surface area (Å²) in [6.07, 6.45) is 6.02. The monoisotopic (exact) mass is 326 g/mol. The normalized spacial score (nSPS) is 12.2. The lowest BCUT2D eigenvalue weighted by atomic mass is 10.1. The molecule has 2 aromatic rings. The molecule has 2 rings (SSSR count). The molecule has 1 aromatic heterocycles. The smallest absolute Gasteiger partial charge is 0.146 e. The molecule has 0 bridgehead atoms. The van der Waals surface area contributed by atoms with E-state index in [0.29, 0.717) is 13.0 Å². The molecule has 128 valence electrons. The Morgan fingerprint density at radius 1 is 1.25 bits per heavy atom. The van der Waals surface area contributed by atoms with E-state index in [1.807, 2.05) is 37.5 Å². The summed E-state index contributed by atoms with van der Waals surface area (Å²) in [5.41, 5.74) is 2.37. The zero-order valence-corrected chi connectivity index (χ0v) is 14.7. The van der Waals surface area contributed by atoms with Crippen molar-refractivity contribution in [2.45, 2.75) is 32.2 Å². The van der Waals surface area contributed by atoms with Crippen molar-refractivity contribution in [3.05, 3.63) is 59.9 Å². The average molecular weight is 326 g/mol. The van der Waals surface area contributed by atoms with E-state index in [1.54, 1.807) is 13.3 Å². The van der Waals surface area contributed by atoms with Gasteiger partial charge in [-0.3, -0.25) is 14.7 Å². The third-order valence-electron chi connectivity index (χ3n) is 4.33. The lowest BCUT2D eigenvalue weighted by molar-refractivity contribution is -0.120. The Morgan fingerprint density at radius 2 is 2.00 bits per heavy atom. The minimum atomic E-state index is 0.184. The Morgan fingerprint density at radius 3 is 2.62 bits per heavy atom. The van der Waals surface area contributed by atoms with E-state index >= 15 is 0 Å². The number of nitrogens with zero attached hydrogens (tertiary/aromatic N) is 2. The number of ketones is 1. The summed E-state index contributed by atoms with van der Waals surface area (Å²) >= 11 is 0. The fraction of sp³-hybridized carbons (Fsp3) is 0.400. The number of pyridine rings is 1. The Kier molecular flexibility index (Phi) is 6.94. The topological polar surface area (TPSA) is 42.4 Å². The van der Waals surface area contributed by atoms with E-state index in [-0.39, 0.29) is 11.8 Å². The van der Waals surface area contributed by atoms with Gasteiger partial charge in [-0.15, -0.1) is 0 Å². The van der Waals surface area contributed by atoms with Crippen LogP contribution in [0.4, 0.5) is 0 Å². The number of likely N-dealkylation sites (N-methyl/N-ethyl adjacent to an activating group) is 1. The minimum absolute atomic E-state index is 0.184. The number of ether oxygens (including phenoxy) is 1. The number of carbonyl (C=O) groups is 1. The van der Waals surface area contributed by atoms with Gasteiger partial charge in [0.05, 0.1) is 13.7 Å². The van der Waals surface area contributed by atoms with Crippen LogP contribution < -0.4 is 4.74 Å². The number of aromatic nitrogens is 1. The Bertz CT molecular complexity index is 626. The molecule has 1 aromatic carbocycles. The second-order valence-corrected chi connectivity index (χ2v) is 6.12. The molecular weight excluding hydrogens is 300 g/mol. The molecule has 0 radical (unpaired) electrons. The van der Waals surface area contributed by atoms with Gasteiger partial charge in [0.1, 0.15) is 11.5 Å². The summed E-state index contributed by atoms with van der Waals surface area (Å²) in [7, 11) is 3.65. The molecule has 0 spiro atoms. The SMILES string of the molecule is COc1ccc(CCCC(=O)CN(C)C(C)c2cccnc2)cc1. The van der Waals surface area contributed by atoms with Crippen molar-refractivity contribution >= 4 is 5.78 Å². The first-order valence-electron chi connectivity index (χ1n) is 8.35. The predicted molar refractivity (Wildman–Crippen MR) is 96.2 cm³/mol. The second kappa shape index (κ2) is 9.18. The number of aryl methyl sites for hydroxylation is 1. The van der Waals surface area contributed by atoms with Crippen molar-refractivity contribution in [3.8, 4) is 5.75 Å². The predicted octanol–water partition coefficient (Wildman–Crippen LogP) is 3.68. The van der Waals surface area contributed by atoms with Crippen LogP contribution in [0.2, 0.25) is 0 Å². The number of carbonyl (C=O) groups excluding carboxylic acids is 1. The molecule has 0 fully saturated rings.